The molecule has 1 heterocycles. The van der Waals surface area contributed by atoms with Crippen molar-refractivity contribution in [3.8, 4) is 0 Å². The number of anilines is 1. The van der Waals surface area contributed by atoms with Crippen LogP contribution in [-0.2, 0) is 0 Å². The van der Waals surface area contributed by atoms with E-state index in [0.29, 0.717) is 0 Å². The van der Waals surface area contributed by atoms with Crippen LogP contribution in [0.25, 0.3) is 0 Å². The number of carbonyl (C=O) groups excluding carboxylic acids is 2. The monoisotopic (exact) mass is 391 g/mol. The summed E-state index contributed by atoms with van der Waals surface area (Å²) >= 11 is 11.6. The van der Waals surface area contributed by atoms with E-state index in [9.17, 15) is 22.8 Å². The third kappa shape index (κ3) is 2.99. The average molecular weight is 392 g/mol. The summed E-state index contributed by atoms with van der Waals surface area (Å²) in [4.78, 5) is 25.4. The zero-order valence-electron chi connectivity index (χ0n) is 11.5. The van der Waals surface area contributed by atoms with Crippen LogP contribution in [0.4, 0.5) is 18.9 Å². The van der Waals surface area contributed by atoms with Gasteiger partial charge >= 0.3 is 5.51 Å². The zero-order valence-corrected chi connectivity index (χ0v) is 13.9. The second-order valence-corrected chi connectivity index (χ2v) is 6.73. The van der Waals surface area contributed by atoms with Crippen molar-refractivity contribution < 1.29 is 22.8 Å². The van der Waals surface area contributed by atoms with Crippen molar-refractivity contribution >= 4 is 52.5 Å². The standard InChI is InChI=1S/C15H6Cl2F3NO2S/c16-10-5-7(24-15(18,19)20)6-11(17)12(10)21-13(22)8-3-1-2-4-9(8)14(21)23/h1-6H. The largest absolute Gasteiger partial charge is 0.446 e. The Morgan fingerprint density at radius 2 is 1.38 bits per heavy atom. The number of nitrogens with zero attached hydrogens (tertiary/aromatic N) is 1. The van der Waals surface area contributed by atoms with Crippen LogP contribution in [0.15, 0.2) is 41.3 Å². The predicted molar refractivity (Wildman–Crippen MR) is 86.0 cm³/mol. The Labute approximate surface area is 148 Å². The van der Waals surface area contributed by atoms with Gasteiger partial charge in [-0.15, -0.1) is 0 Å². The lowest BCUT2D eigenvalue weighted by Crippen LogP contribution is -2.30. The van der Waals surface area contributed by atoms with Gasteiger partial charge in [-0.25, -0.2) is 4.90 Å². The van der Waals surface area contributed by atoms with E-state index in [0.717, 1.165) is 17.0 Å². The maximum Gasteiger partial charge on any atom is 0.446 e. The molecule has 0 saturated carbocycles. The van der Waals surface area contributed by atoms with E-state index in [1.165, 1.54) is 12.1 Å². The molecule has 9 heteroatoms. The summed E-state index contributed by atoms with van der Waals surface area (Å²) in [5.74, 6) is -1.26. The second kappa shape index (κ2) is 5.98. The first-order valence-corrected chi connectivity index (χ1v) is 7.99. The van der Waals surface area contributed by atoms with E-state index in [4.69, 9.17) is 23.2 Å². The highest BCUT2D eigenvalue weighted by Gasteiger charge is 2.39. The number of fused-ring (bicyclic) bond motifs is 1. The highest BCUT2D eigenvalue weighted by Crippen LogP contribution is 2.44. The van der Waals surface area contributed by atoms with Gasteiger partial charge in [0.2, 0.25) is 0 Å². The fraction of sp³-hybridized carbons (Fsp3) is 0.0667. The van der Waals surface area contributed by atoms with E-state index in [-0.39, 0.29) is 43.5 Å². The molecule has 0 saturated heterocycles. The van der Waals surface area contributed by atoms with Crippen molar-refractivity contribution in [1.29, 1.82) is 0 Å². The van der Waals surface area contributed by atoms with Crippen LogP contribution in [0.5, 0.6) is 0 Å². The number of imide groups is 1. The molecule has 1 aliphatic rings. The maximum atomic E-state index is 12.5. The molecule has 0 unspecified atom stereocenters. The molecule has 124 valence electrons. The summed E-state index contributed by atoms with van der Waals surface area (Å²) in [5.41, 5.74) is -4.27. The SMILES string of the molecule is O=C1c2ccccc2C(=O)N1c1c(Cl)cc(SC(F)(F)F)cc1Cl. The van der Waals surface area contributed by atoms with Crippen molar-refractivity contribution in [2.24, 2.45) is 0 Å². The molecule has 0 aliphatic carbocycles. The van der Waals surface area contributed by atoms with Gasteiger partial charge in [0.1, 0.15) is 0 Å². The van der Waals surface area contributed by atoms with Crippen molar-refractivity contribution in [2.75, 3.05) is 4.90 Å². The number of halogens is 5. The number of hydrogen-bond acceptors (Lipinski definition) is 3. The molecular weight excluding hydrogens is 386 g/mol. The molecule has 0 atom stereocenters. The van der Waals surface area contributed by atoms with E-state index in [1.807, 2.05) is 0 Å². The van der Waals surface area contributed by atoms with E-state index in [2.05, 4.69) is 0 Å². The molecule has 2 amide bonds. The first-order chi connectivity index (χ1) is 11.2. The summed E-state index contributed by atoms with van der Waals surface area (Å²) in [7, 11) is 0. The van der Waals surface area contributed by atoms with Gasteiger partial charge in [0.15, 0.2) is 0 Å². The molecule has 0 fully saturated rings. The van der Waals surface area contributed by atoms with E-state index < -0.39 is 17.3 Å². The molecule has 2 aromatic carbocycles. The Kier molecular flexibility index (Phi) is 4.27. The van der Waals surface area contributed by atoms with E-state index >= 15 is 0 Å². The van der Waals surface area contributed by atoms with Crippen LogP contribution >= 0.6 is 35.0 Å². The fourth-order valence-corrected chi connectivity index (χ4v) is 3.75. The van der Waals surface area contributed by atoms with Gasteiger partial charge < -0.3 is 0 Å². The molecule has 0 N–H and O–H groups in total. The minimum Gasteiger partial charge on any atom is -0.268 e. The number of alkyl halides is 3. The summed E-state index contributed by atoms with van der Waals surface area (Å²) in [5, 5.41) is -0.437. The predicted octanol–water partition coefficient (Wildman–Crippen LogP) is 5.41. The van der Waals surface area contributed by atoms with Crippen LogP contribution in [-0.4, -0.2) is 17.3 Å². The molecule has 0 bridgehead atoms. The van der Waals surface area contributed by atoms with Crippen LogP contribution < -0.4 is 4.90 Å². The Bertz CT molecular complexity index is 812. The Morgan fingerprint density at radius 3 is 1.79 bits per heavy atom. The van der Waals surface area contributed by atoms with Crippen molar-refractivity contribution in [1.82, 2.24) is 0 Å². The van der Waals surface area contributed by atoms with Crippen LogP contribution in [0.3, 0.4) is 0 Å². The Balaban J connectivity index is 2.05. The first-order valence-electron chi connectivity index (χ1n) is 6.41. The third-order valence-corrected chi connectivity index (χ3v) is 4.52. The average Bonchev–Trinajstić information content (AvgIpc) is 2.71. The van der Waals surface area contributed by atoms with Crippen molar-refractivity contribution in [2.45, 2.75) is 10.4 Å². The molecule has 1 aliphatic heterocycles. The number of thioether (sulfide) groups is 1. The molecule has 0 aromatic heterocycles. The molecule has 0 radical (unpaired) electrons. The molecule has 2 aromatic rings. The lowest BCUT2D eigenvalue weighted by atomic mass is 10.1. The summed E-state index contributed by atoms with van der Waals surface area (Å²) in [6.07, 6.45) is 0. The third-order valence-electron chi connectivity index (χ3n) is 3.24. The summed E-state index contributed by atoms with van der Waals surface area (Å²) in [6.45, 7) is 0. The Morgan fingerprint density at radius 1 is 0.917 bits per heavy atom. The minimum absolute atomic E-state index is 0.129. The van der Waals surface area contributed by atoms with Gasteiger partial charge in [0.25, 0.3) is 11.8 Å². The van der Waals surface area contributed by atoms with E-state index in [1.54, 1.807) is 12.1 Å². The van der Waals surface area contributed by atoms with Gasteiger partial charge in [-0.2, -0.15) is 13.2 Å². The lowest BCUT2D eigenvalue weighted by Gasteiger charge is -2.18. The number of benzene rings is 2. The molecule has 3 nitrogen and oxygen atoms in total. The van der Waals surface area contributed by atoms with Gasteiger partial charge in [-0.1, -0.05) is 35.3 Å². The summed E-state index contributed by atoms with van der Waals surface area (Å²) in [6, 6.07) is 8.19. The highest BCUT2D eigenvalue weighted by molar-refractivity contribution is 8.00. The van der Waals surface area contributed by atoms with Crippen LogP contribution in [0, 0.1) is 0 Å². The van der Waals surface area contributed by atoms with Gasteiger partial charge in [-0.3, -0.25) is 9.59 Å². The summed E-state index contributed by atoms with van der Waals surface area (Å²) < 4.78 is 37.4. The topological polar surface area (TPSA) is 37.4 Å². The second-order valence-electron chi connectivity index (χ2n) is 4.77. The van der Waals surface area contributed by atoms with Crippen molar-refractivity contribution in [3.05, 3.63) is 57.6 Å². The molecule has 3 rings (SSSR count). The van der Waals surface area contributed by atoms with Gasteiger partial charge in [0.05, 0.1) is 26.9 Å². The number of carbonyl (C=O) groups is 2. The fourth-order valence-electron chi connectivity index (χ4n) is 2.34. The van der Waals surface area contributed by atoms with Crippen LogP contribution in [0.2, 0.25) is 10.0 Å². The number of rotatable bonds is 2. The first kappa shape index (κ1) is 17.1. The molecule has 0 spiro atoms. The lowest BCUT2D eigenvalue weighted by molar-refractivity contribution is -0.0328. The smallest absolute Gasteiger partial charge is 0.268 e. The number of amides is 2. The van der Waals surface area contributed by atoms with Gasteiger partial charge in [0, 0.05) is 4.90 Å². The van der Waals surface area contributed by atoms with Gasteiger partial charge in [-0.05, 0) is 36.0 Å². The quantitative estimate of drug-likeness (QED) is 0.507. The van der Waals surface area contributed by atoms with Crippen molar-refractivity contribution in [3.63, 3.8) is 0 Å². The minimum atomic E-state index is -4.51. The molecule has 24 heavy (non-hydrogen) atoms. The maximum absolute atomic E-state index is 12.5. The highest BCUT2D eigenvalue weighted by atomic mass is 35.5. The zero-order chi connectivity index (χ0) is 17.6. The number of hydrogen-bond donors (Lipinski definition) is 0. The van der Waals surface area contributed by atoms with Crippen LogP contribution in [0.1, 0.15) is 20.7 Å². The normalized spacial score (nSPS) is 14.3. The molecular formula is C15H6Cl2F3NO2S. The Hall–Kier alpha value is -1.70.